The Morgan fingerprint density at radius 3 is 2.15 bits per heavy atom. The van der Waals surface area contributed by atoms with Crippen molar-refractivity contribution >= 4 is 5.91 Å². The molecule has 0 spiro atoms. The lowest BCUT2D eigenvalue weighted by atomic mass is 9.77. The van der Waals surface area contributed by atoms with Crippen LogP contribution in [0.25, 0.3) is 0 Å². The van der Waals surface area contributed by atoms with Crippen molar-refractivity contribution in [3.05, 3.63) is 130 Å². The fourth-order valence-electron chi connectivity index (χ4n) is 5.05. The Hall–Kier alpha value is -4.75. The Morgan fingerprint density at radius 1 is 0.812 bits per heavy atom. The number of rotatable bonds is 12. The lowest BCUT2D eigenvalue weighted by Gasteiger charge is -2.37. The zero-order chi connectivity index (χ0) is 34.9. The van der Waals surface area contributed by atoms with E-state index in [-0.39, 0.29) is 36.3 Å². The normalized spacial score (nSPS) is 14.8. The summed E-state index contributed by atoms with van der Waals surface area (Å²) in [6.45, 7) is 0.120. The van der Waals surface area contributed by atoms with Crippen LogP contribution >= 0.6 is 0 Å². The second-order valence-electron chi connectivity index (χ2n) is 11.3. The molecule has 0 saturated heterocycles. The van der Waals surface area contributed by atoms with Crippen molar-refractivity contribution in [3.8, 4) is 11.5 Å². The van der Waals surface area contributed by atoms with Gasteiger partial charge < -0.3 is 14.8 Å². The molecule has 0 aliphatic heterocycles. The lowest BCUT2D eigenvalue weighted by molar-refractivity contribution is -0.253. The highest BCUT2D eigenvalue weighted by atomic mass is 19.4. The topological polar surface area (TPSA) is 47.6 Å². The molecule has 254 valence electrons. The first-order valence-electron chi connectivity index (χ1n) is 14.4. The molecule has 48 heavy (non-hydrogen) atoms. The third-order valence-electron chi connectivity index (χ3n) is 7.64. The minimum atomic E-state index is -5.20. The van der Waals surface area contributed by atoms with Crippen LogP contribution in [-0.4, -0.2) is 25.0 Å². The third-order valence-corrected chi connectivity index (χ3v) is 7.64. The Labute approximate surface area is 267 Å². The molecule has 0 bridgehead atoms. The number of alkyl halides is 7. The van der Waals surface area contributed by atoms with Crippen LogP contribution in [-0.2, 0) is 18.1 Å². The number of hydrogen-bond acceptors (Lipinski definition) is 3. The molecule has 0 radical (unpaired) electrons. The number of hydrogen-bond donors (Lipinski definition) is 1. The highest BCUT2D eigenvalue weighted by Gasteiger charge is 2.45. The molecule has 1 amide bonds. The number of benzene rings is 4. The van der Waals surface area contributed by atoms with Gasteiger partial charge in [-0.3, -0.25) is 4.79 Å². The molecule has 1 fully saturated rings. The molecular weight excluding hydrogens is 660 g/mol. The summed E-state index contributed by atoms with van der Waals surface area (Å²) in [6.07, 6.45) is -13.3. The van der Waals surface area contributed by atoms with E-state index in [4.69, 9.17) is 4.74 Å². The maximum atomic E-state index is 15.2. The molecule has 4 aromatic carbocycles. The summed E-state index contributed by atoms with van der Waals surface area (Å²) in [6, 6.07) is 14.4. The van der Waals surface area contributed by atoms with Crippen LogP contribution < -0.4 is 14.8 Å². The van der Waals surface area contributed by atoms with Crippen LogP contribution in [0.5, 0.6) is 11.5 Å². The van der Waals surface area contributed by atoms with E-state index >= 15 is 4.39 Å². The molecule has 4 nitrogen and oxygen atoms in total. The Kier molecular flexibility index (Phi) is 9.65. The summed E-state index contributed by atoms with van der Waals surface area (Å²) in [7, 11) is 0. The number of nitrogens with one attached hydrogen (secondary N) is 1. The van der Waals surface area contributed by atoms with Gasteiger partial charge in [0.1, 0.15) is 17.4 Å². The zero-order valence-corrected chi connectivity index (χ0v) is 24.6. The van der Waals surface area contributed by atoms with Crippen LogP contribution in [0.3, 0.4) is 0 Å². The largest absolute Gasteiger partial charge is 0.490 e. The highest BCUT2D eigenvalue weighted by molar-refractivity contribution is 5.95. The van der Waals surface area contributed by atoms with E-state index in [1.165, 1.54) is 0 Å². The smallest absolute Gasteiger partial charge is 0.461 e. The van der Waals surface area contributed by atoms with Crippen LogP contribution in [0, 0.1) is 23.4 Å². The fourth-order valence-corrected chi connectivity index (χ4v) is 5.05. The molecule has 0 aromatic heterocycles. The van der Waals surface area contributed by atoms with Gasteiger partial charge in [-0.1, -0.05) is 36.4 Å². The predicted octanol–water partition coefficient (Wildman–Crippen LogP) is 9.06. The molecule has 1 aliphatic rings. The summed E-state index contributed by atoms with van der Waals surface area (Å²) >= 11 is 0. The number of carbonyl (C=O) groups excluding carboxylic acids is 1. The van der Waals surface area contributed by atoms with Gasteiger partial charge in [-0.25, -0.2) is 13.2 Å². The van der Waals surface area contributed by atoms with Crippen LogP contribution in [0.2, 0.25) is 0 Å². The van der Waals surface area contributed by atoms with Gasteiger partial charge in [0.05, 0.1) is 17.7 Å². The predicted molar refractivity (Wildman–Crippen MR) is 152 cm³/mol. The fraction of sp³-hybridized carbons (Fsp3) is 0.265. The average Bonchev–Trinajstić information content (AvgIpc) is 3.84. The quantitative estimate of drug-likeness (QED) is 0.152. The summed E-state index contributed by atoms with van der Waals surface area (Å²) in [5.74, 6) is -6.31. The average molecular weight is 686 g/mol. The second-order valence-corrected chi connectivity index (χ2v) is 11.3. The van der Waals surface area contributed by atoms with Gasteiger partial charge in [0.2, 0.25) is 0 Å². The molecule has 1 saturated carbocycles. The van der Waals surface area contributed by atoms with Gasteiger partial charge in [-0.2, -0.15) is 30.7 Å². The summed E-state index contributed by atoms with van der Waals surface area (Å²) < 4.78 is 149. The summed E-state index contributed by atoms with van der Waals surface area (Å²) in [4.78, 5) is 13.8. The van der Waals surface area contributed by atoms with E-state index in [0.29, 0.717) is 17.7 Å². The van der Waals surface area contributed by atoms with Gasteiger partial charge in [-0.05, 0) is 77.9 Å². The van der Waals surface area contributed by atoms with Crippen LogP contribution in [0.4, 0.5) is 43.9 Å². The first-order chi connectivity index (χ1) is 22.6. The van der Waals surface area contributed by atoms with Gasteiger partial charge in [-0.15, -0.1) is 0 Å². The molecule has 4 aromatic rings. The van der Waals surface area contributed by atoms with Crippen molar-refractivity contribution in [2.45, 2.75) is 43.5 Å². The maximum Gasteiger partial charge on any atom is 0.461 e. The number of amides is 1. The van der Waals surface area contributed by atoms with E-state index in [0.717, 1.165) is 49.2 Å². The third kappa shape index (κ3) is 7.85. The zero-order valence-electron chi connectivity index (χ0n) is 24.6. The van der Waals surface area contributed by atoms with Crippen molar-refractivity contribution in [3.63, 3.8) is 0 Å². The first kappa shape index (κ1) is 34.6. The molecule has 0 unspecified atom stereocenters. The molecule has 1 aliphatic carbocycles. The SMILES string of the molecule is O=C(N[C@@](Cc1ccccc1)(c1cc(F)cc(OC(F)(F)C(F)F)c1)c1ccc(F)c(OCC2CC2)c1)c1ccc(F)c(C(F)(F)F)c1. The number of carbonyl (C=O) groups is 1. The minimum Gasteiger partial charge on any atom is -0.490 e. The van der Waals surface area contributed by atoms with E-state index in [2.05, 4.69) is 10.1 Å². The van der Waals surface area contributed by atoms with E-state index in [1.807, 2.05) is 0 Å². The van der Waals surface area contributed by atoms with Gasteiger partial charge >= 0.3 is 18.7 Å². The number of halogens is 10. The van der Waals surface area contributed by atoms with Crippen molar-refractivity contribution in [1.82, 2.24) is 5.32 Å². The van der Waals surface area contributed by atoms with Crippen LogP contribution in [0.1, 0.15) is 45.5 Å². The lowest BCUT2D eigenvalue weighted by Crippen LogP contribution is -2.49. The Balaban J connectivity index is 1.73. The van der Waals surface area contributed by atoms with Crippen molar-refractivity contribution in [2.24, 2.45) is 5.92 Å². The second kappa shape index (κ2) is 13.4. The van der Waals surface area contributed by atoms with Crippen molar-refractivity contribution < 1.29 is 58.2 Å². The van der Waals surface area contributed by atoms with Crippen LogP contribution in [0.15, 0.2) is 84.9 Å². The summed E-state index contributed by atoms with van der Waals surface area (Å²) in [5.41, 5.74) is -4.71. The standard InChI is InChI=1S/C34H25F10NO3/c35-24-13-23(14-25(16-24)48-34(43,44)31(38)39)32(17-19-4-2-1-3-5-19,22-9-11-28(37)29(15-22)47-18-20-6-7-20)45-30(46)21-8-10-27(36)26(12-21)33(40,41)42/h1-5,8-16,20,31H,6-7,17-18H2,(H,45,46)/t32-/m1/s1. The molecule has 1 N–H and O–H groups in total. The van der Waals surface area contributed by atoms with Gasteiger partial charge in [0, 0.05) is 18.1 Å². The maximum absolute atomic E-state index is 15.2. The van der Waals surface area contributed by atoms with E-state index < -0.39 is 70.0 Å². The van der Waals surface area contributed by atoms with Crippen molar-refractivity contribution in [2.75, 3.05) is 6.61 Å². The summed E-state index contributed by atoms with van der Waals surface area (Å²) in [5, 5.41) is 2.53. The van der Waals surface area contributed by atoms with Gasteiger partial charge in [0.25, 0.3) is 5.91 Å². The molecular formula is C34H25F10NO3. The Morgan fingerprint density at radius 2 is 1.50 bits per heavy atom. The Bertz CT molecular complexity index is 1780. The van der Waals surface area contributed by atoms with E-state index in [9.17, 15) is 44.3 Å². The monoisotopic (exact) mass is 685 g/mol. The highest BCUT2D eigenvalue weighted by Crippen LogP contribution is 2.40. The first-order valence-corrected chi connectivity index (χ1v) is 14.4. The molecule has 5 rings (SSSR count). The van der Waals surface area contributed by atoms with Gasteiger partial charge in [0.15, 0.2) is 11.6 Å². The van der Waals surface area contributed by atoms with E-state index in [1.54, 1.807) is 30.3 Å². The minimum absolute atomic E-state index is 0.0674. The van der Waals surface area contributed by atoms with Crippen molar-refractivity contribution in [1.29, 1.82) is 0 Å². The molecule has 14 heteroatoms. The number of ether oxygens (including phenoxy) is 2. The molecule has 1 atom stereocenters. The molecule has 0 heterocycles.